The summed E-state index contributed by atoms with van der Waals surface area (Å²) < 4.78 is 5.41. The summed E-state index contributed by atoms with van der Waals surface area (Å²) in [6.07, 6.45) is 3.56. The number of nitrogens with two attached hydrogens (primary N) is 1. The first-order valence-corrected chi connectivity index (χ1v) is 6.03. The van der Waals surface area contributed by atoms with Crippen molar-refractivity contribution in [2.45, 2.75) is 45.6 Å². The van der Waals surface area contributed by atoms with Crippen molar-refractivity contribution in [2.24, 2.45) is 5.73 Å². The lowest BCUT2D eigenvalue weighted by molar-refractivity contribution is 0.00754. The Morgan fingerprint density at radius 2 is 1.87 bits per heavy atom. The molecule has 0 heterocycles. The van der Waals surface area contributed by atoms with Gasteiger partial charge in [0.05, 0.1) is 5.60 Å². The Labute approximate surface area is 95.0 Å². The Hall–Kier alpha value is -0.120. The molecule has 15 heavy (non-hydrogen) atoms. The minimum absolute atomic E-state index is 0.0148. The number of unbranched alkanes of at least 4 members (excludes halogenated alkanes) is 1. The van der Waals surface area contributed by atoms with E-state index in [2.05, 4.69) is 25.7 Å². The second kappa shape index (κ2) is 8.08. The third kappa shape index (κ3) is 7.77. The summed E-state index contributed by atoms with van der Waals surface area (Å²) in [4.78, 5) is 2.43. The Balaban J connectivity index is 3.83. The van der Waals surface area contributed by atoms with Crippen LogP contribution in [0.4, 0.5) is 0 Å². The standard InChI is InChI=1S/C12H28N2O/c1-5-6-9-14(11-8-13)10-7-12(2,3)15-4/h5-11,13H2,1-4H3. The molecule has 0 spiro atoms. The van der Waals surface area contributed by atoms with Crippen molar-refractivity contribution >= 4 is 0 Å². The molecule has 0 atom stereocenters. The smallest absolute Gasteiger partial charge is 0.0634 e. The summed E-state index contributed by atoms with van der Waals surface area (Å²) in [6, 6.07) is 0. The molecule has 0 bridgehead atoms. The number of hydrogen-bond acceptors (Lipinski definition) is 3. The quantitative estimate of drug-likeness (QED) is 0.639. The van der Waals surface area contributed by atoms with Crippen LogP contribution in [-0.2, 0) is 4.74 Å². The molecule has 0 aromatic rings. The van der Waals surface area contributed by atoms with Gasteiger partial charge in [0.15, 0.2) is 0 Å². The van der Waals surface area contributed by atoms with Gasteiger partial charge >= 0.3 is 0 Å². The Morgan fingerprint density at radius 1 is 1.20 bits per heavy atom. The Kier molecular flexibility index (Phi) is 8.02. The summed E-state index contributed by atoms with van der Waals surface area (Å²) in [5.41, 5.74) is 5.59. The maximum atomic E-state index is 5.60. The van der Waals surface area contributed by atoms with Crippen LogP contribution in [0.15, 0.2) is 0 Å². The first-order valence-electron chi connectivity index (χ1n) is 6.03. The monoisotopic (exact) mass is 216 g/mol. The van der Waals surface area contributed by atoms with Crippen molar-refractivity contribution in [3.05, 3.63) is 0 Å². The van der Waals surface area contributed by atoms with Crippen LogP contribution in [0.25, 0.3) is 0 Å². The molecule has 0 saturated carbocycles. The van der Waals surface area contributed by atoms with Gasteiger partial charge in [-0.3, -0.25) is 0 Å². The van der Waals surface area contributed by atoms with Crippen molar-refractivity contribution in [3.8, 4) is 0 Å². The molecule has 0 aliphatic heterocycles. The van der Waals surface area contributed by atoms with E-state index in [0.717, 1.165) is 32.6 Å². The number of hydrogen-bond donors (Lipinski definition) is 1. The van der Waals surface area contributed by atoms with Crippen molar-refractivity contribution in [3.63, 3.8) is 0 Å². The SMILES string of the molecule is CCCCN(CCN)CCC(C)(C)OC. The van der Waals surface area contributed by atoms with Gasteiger partial charge in [-0.1, -0.05) is 13.3 Å². The highest BCUT2D eigenvalue weighted by molar-refractivity contribution is 4.71. The minimum Gasteiger partial charge on any atom is -0.379 e. The van der Waals surface area contributed by atoms with E-state index in [1.54, 1.807) is 7.11 Å². The lowest BCUT2D eigenvalue weighted by Crippen LogP contribution is -2.35. The molecule has 0 unspecified atom stereocenters. The number of ether oxygens (including phenoxy) is 1. The fraction of sp³-hybridized carbons (Fsp3) is 1.00. The van der Waals surface area contributed by atoms with Gasteiger partial charge in [-0.25, -0.2) is 0 Å². The Morgan fingerprint density at radius 3 is 2.33 bits per heavy atom. The largest absolute Gasteiger partial charge is 0.379 e. The van der Waals surface area contributed by atoms with E-state index in [9.17, 15) is 0 Å². The van der Waals surface area contributed by atoms with Crippen LogP contribution in [-0.4, -0.2) is 43.8 Å². The predicted molar refractivity (Wildman–Crippen MR) is 66.1 cm³/mol. The fourth-order valence-corrected chi connectivity index (χ4v) is 1.43. The van der Waals surface area contributed by atoms with Gasteiger partial charge in [-0.15, -0.1) is 0 Å². The van der Waals surface area contributed by atoms with Gasteiger partial charge in [-0.2, -0.15) is 0 Å². The average molecular weight is 216 g/mol. The maximum Gasteiger partial charge on any atom is 0.0634 e. The van der Waals surface area contributed by atoms with Crippen molar-refractivity contribution in [1.82, 2.24) is 4.90 Å². The molecule has 0 saturated heterocycles. The van der Waals surface area contributed by atoms with Gasteiger partial charge in [0.2, 0.25) is 0 Å². The highest BCUT2D eigenvalue weighted by atomic mass is 16.5. The molecular formula is C12H28N2O. The van der Waals surface area contributed by atoms with Gasteiger partial charge in [-0.05, 0) is 33.2 Å². The third-order valence-electron chi connectivity index (χ3n) is 2.86. The lowest BCUT2D eigenvalue weighted by Gasteiger charge is -2.28. The summed E-state index contributed by atoms with van der Waals surface area (Å²) in [6.45, 7) is 10.5. The lowest BCUT2D eigenvalue weighted by atomic mass is 10.0. The van der Waals surface area contributed by atoms with Crippen LogP contribution in [0.1, 0.15) is 40.0 Å². The van der Waals surface area contributed by atoms with Crippen LogP contribution in [0.3, 0.4) is 0 Å². The molecule has 3 heteroatoms. The fourth-order valence-electron chi connectivity index (χ4n) is 1.43. The zero-order chi connectivity index (χ0) is 11.7. The van der Waals surface area contributed by atoms with Crippen molar-refractivity contribution < 1.29 is 4.74 Å². The average Bonchev–Trinajstić information content (AvgIpc) is 2.22. The van der Waals surface area contributed by atoms with Gasteiger partial charge in [0.25, 0.3) is 0 Å². The molecule has 0 aliphatic rings. The molecule has 92 valence electrons. The van der Waals surface area contributed by atoms with E-state index >= 15 is 0 Å². The summed E-state index contributed by atoms with van der Waals surface area (Å²) >= 11 is 0. The summed E-state index contributed by atoms with van der Waals surface area (Å²) in [7, 11) is 1.78. The number of rotatable bonds is 9. The zero-order valence-corrected chi connectivity index (χ0v) is 10.9. The van der Waals surface area contributed by atoms with Gasteiger partial charge in [0, 0.05) is 26.7 Å². The number of methoxy groups -OCH3 is 1. The van der Waals surface area contributed by atoms with Crippen LogP contribution in [0.5, 0.6) is 0 Å². The van der Waals surface area contributed by atoms with Gasteiger partial charge in [0.1, 0.15) is 0 Å². The predicted octanol–water partition coefficient (Wildman–Crippen LogP) is 1.86. The molecule has 0 radical (unpaired) electrons. The third-order valence-corrected chi connectivity index (χ3v) is 2.86. The van der Waals surface area contributed by atoms with E-state index in [1.165, 1.54) is 12.8 Å². The second-order valence-electron chi connectivity index (χ2n) is 4.70. The molecule has 3 nitrogen and oxygen atoms in total. The van der Waals surface area contributed by atoms with E-state index < -0.39 is 0 Å². The molecular weight excluding hydrogens is 188 g/mol. The zero-order valence-electron chi connectivity index (χ0n) is 10.9. The molecule has 0 fully saturated rings. The van der Waals surface area contributed by atoms with E-state index in [1.807, 2.05) is 0 Å². The van der Waals surface area contributed by atoms with Crippen LogP contribution in [0, 0.1) is 0 Å². The first kappa shape index (κ1) is 14.9. The van der Waals surface area contributed by atoms with Crippen LogP contribution in [0.2, 0.25) is 0 Å². The van der Waals surface area contributed by atoms with Crippen molar-refractivity contribution in [1.29, 1.82) is 0 Å². The summed E-state index contributed by atoms with van der Waals surface area (Å²) in [5.74, 6) is 0. The highest BCUT2D eigenvalue weighted by Gasteiger charge is 2.17. The summed E-state index contributed by atoms with van der Waals surface area (Å²) in [5, 5.41) is 0. The van der Waals surface area contributed by atoms with E-state index in [0.29, 0.717) is 0 Å². The molecule has 0 aliphatic carbocycles. The molecule has 0 aromatic carbocycles. The molecule has 0 amide bonds. The van der Waals surface area contributed by atoms with E-state index in [-0.39, 0.29) is 5.60 Å². The number of nitrogens with zero attached hydrogens (tertiary/aromatic N) is 1. The van der Waals surface area contributed by atoms with Crippen LogP contribution >= 0.6 is 0 Å². The maximum absolute atomic E-state index is 5.60. The second-order valence-corrected chi connectivity index (χ2v) is 4.70. The molecule has 2 N–H and O–H groups in total. The van der Waals surface area contributed by atoms with Crippen LogP contribution < -0.4 is 5.73 Å². The normalized spacial score (nSPS) is 12.4. The minimum atomic E-state index is -0.0148. The topological polar surface area (TPSA) is 38.5 Å². The molecule has 0 aromatic heterocycles. The van der Waals surface area contributed by atoms with Crippen molar-refractivity contribution in [2.75, 3.05) is 33.3 Å². The van der Waals surface area contributed by atoms with E-state index in [4.69, 9.17) is 10.5 Å². The molecule has 0 rings (SSSR count). The van der Waals surface area contributed by atoms with Gasteiger partial charge < -0.3 is 15.4 Å². The first-order chi connectivity index (χ1) is 7.05. The highest BCUT2D eigenvalue weighted by Crippen LogP contribution is 2.13. The Bertz CT molecular complexity index is 149.